The van der Waals surface area contributed by atoms with Crippen molar-refractivity contribution in [1.82, 2.24) is 4.90 Å². The molecule has 4 N–H and O–H groups in total. The molecule has 0 aromatic heterocycles. The zero-order valence-corrected chi connectivity index (χ0v) is 12.1. The van der Waals surface area contributed by atoms with Gasteiger partial charge in [-0.25, -0.2) is 0 Å². The molecule has 0 spiro atoms. The fourth-order valence-electron chi connectivity index (χ4n) is 2.29. The number of carbonyl (C=O) groups is 2. The Labute approximate surface area is 122 Å². The number of benzene rings is 1. The largest absolute Gasteiger partial charge is 0.399 e. The van der Waals surface area contributed by atoms with Crippen LogP contribution in [0, 0.1) is 0 Å². The van der Waals surface area contributed by atoms with Crippen LogP contribution in [0.25, 0.3) is 0 Å². The average molecular weight is 293 g/mol. The van der Waals surface area contributed by atoms with Gasteiger partial charge in [-0.2, -0.15) is 0 Å². The van der Waals surface area contributed by atoms with Crippen LogP contribution in [0.5, 0.6) is 0 Å². The van der Waals surface area contributed by atoms with Crippen LogP contribution in [0.3, 0.4) is 0 Å². The van der Waals surface area contributed by atoms with Crippen LogP contribution in [0.1, 0.15) is 18.4 Å². The molecule has 1 aliphatic heterocycles. The Bertz CT molecular complexity index is 501. The molecule has 0 aliphatic carbocycles. The molecule has 2 amide bonds. The van der Waals surface area contributed by atoms with Crippen molar-refractivity contribution in [3.05, 3.63) is 29.8 Å². The number of carbonyl (C=O) groups excluding carboxylic acids is 2. The molecule has 1 unspecified atom stereocenters. The molecule has 1 aliphatic rings. The van der Waals surface area contributed by atoms with Gasteiger partial charge < -0.3 is 16.4 Å². The molecule has 1 aromatic rings. The number of nitrogen functional groups attached to an aromatic ring is 1. The molecule has 1 fully saturated rings. The van der Waals surface area contributed by atoms with Gasteiger partial charge in [-0.15, -0.1) is 11.8 Å². The lowest BCUT2D eigenvalue weighted by atomic mass is 10.1. The Morgan fingerprint density at radius 1 is 1.40 bits per heavy atom. The van der Waals surface area contributed by atoms with E-state index in [1.54, 1.807) is 17.8 Å². The first-order valence-corrected chi connectivity index (χ1v) is 7.64. The van der Waals surface area contributed by atoms with Gasteiger partial charge in [0.1, 0.15) is 0 Å². The molecule has 1 aromatic carbocycles. The van der Waals surface area contributed by atoms with Gasteiger partial charge in [0.25, 0.3) is 0 Å². The number of nitrogens with two attached hydrogens (primary N) is 2. The minimum absolute atomic E-state index is 0.00581. The number of thioether (sulfide) groups is 1. The third-order valence-electron chi connectivity index (χ3n) is 3.19. The predicted molar refractivity (Wildman–Crippen MR) is 80.9 cm³/mol. The first-order chi connectivity index (χ1) is 9.56. The van der Waals surface area contributed by atoms with E-state index in [2.05, 4.69) is 0 Å². The van der Waals surface area contributed by atoms with E-state index in [1.165, 1.54) is 4.90 Å². The third-order valence-corrected chi connectivity index (χ3v) is 4.55. The van der Waals surface area contributed by atoms with Crippen LogP contribution in [0.2, 0.25) is 0 Å². The van der Waals surface area contributed by atoms with E-state index < -0.39 is 5.91 Å². The lowest BCUT2D eigenvalue weighted by Gasteiger charge is -2.24. The molecular formula is C14H19N3O2S. The number of primary amides is 1. The van der Waals surface area contributed by atoms with E-state index in [-0.39, 0.29) is 17.7 Å². The Morgan fingerprint density at radius 3 is 2.80 bits per heavy atom. The summed E-state index contributed by atoms with van der Waals surface area (Å²) in [7, 11) is 0. The Hall–Kier alpha value is -1.69. The number of anilines is 1. The third kappa shape index (κ3) is 3.90. The molecular weight excluding hydrogens is 274 g/mol. The second-order valence-electron chi connectivity index (χ2n) is 4.91. The maximum atomic E-state index is 12.4. The van der Waals surface area contributed by atoms with Crippen molar-refractivity contribution in [3.8, 4) is 0 Å². The summed E-state index contributed by atoms with van der Waals surface area (Å²) in [6, 6.07) is 7.32. The van der Waals surface area contributed by atoms with Gasteiger partial charge >= 0.3 is 0 Å². The van der Waals surface area contributed by atoms with E-state index in [0.717, 1.165) is 24.2 Å². The summed E-state index contributed by atoms with van der Waals surface area (Å²) in [6.07, 6.45) is 1.92. The lowest BCUT2D eigenvalue weighted by Crippen LogP contribution is -2.41. The molecule has 1 atom stereocenters. The van der Waals surface area contributed by atoms with Crippen molar-refractivity contribution in [2.75, 3.05) is 18.0 Å². The Morgan fingerprint density at radius 2 is 2.20 bits per heavy atom. The molecule has 108 valence electrons. The standard InChI is InChI=1S/C14H19N3O2S/c15-11-4-1-3-10(7-11)8-17(9-13(16)18)14(19)12-5-2-6-20-12/h1,3-4,7,12H,2,5-6,8-9,15H2,(H2,16,18). The van der Waals surface area contributed by atoms with E-state index in [9.17, 15) is 9.59 Å². The highest BCUT2D eigenvalue weighted by molar-refractivity contribution is 8.00. The molecule has 0 radical (unpaired) electrons. The highest BCUT2D eigenvalue weighted by atomic mass is 32.2. The fraction of sp³-hybridized carbons (Fsp3) is 0.429. The van der Waals surface area contributed by atoms with Gasteiger partial charge in [-0.05, 0) is 36.3 Å². The highest BCUT2D eigenvalue weighted by Gasteiger charge is 2.28. The van der Waals surface area contributed by atoms with Crippen molar-refractivity contribution < 1.29 is 9.59 Å². The summed E-state index contributed by atoms with van der Waals surface area (Å²) < 4.78 is 0. The van der Waals surface area contributed by atoms with Gasteiger partial charge in [0.05, 0.1) is 11.8 Å². The lowest BCUT2D eigenvalue weighted by molar-refractivity contribution is -0.135. The van der Waals surface area contributed by atoms with Crippen LogP contribution in [-0.2, 0) is 16.1 Å². The molecule has 0 bridgehead atoms. The second kappa shape index (κ2) is 6.65. The van der Waals surface area contributed by atoms with Gasteiger partial charge in [-0.1, -0.05) is 12.1 Å². The molecule has 0 saturated carbocycles. The summed E-state index contributed by atoms with van der Waals surface area (Å²) >= 11 is 1.65. The molecule has 5 nitrogen and oxygen atoms in total. The van der Waals surface area contributed by atoms with Crippen molar-refractivity contribution in [2.45, 2.75) is 24.6 Å². The van der Waals surface area contributed by atoms with Gasteiger partial charge in [0, 0.05) is 12.2 Å². The summed E-state index contributed by atoms with van der Waals surface area (Å²) in [5, 5.41) is -0.0459. The quantitative estimate of drug-likeness (QED) is 0.792. The fourth-order valence-corrected chi connectivity index (χ4v) is 3.53. The Balaban J connectivity index is 2.10. The van der Waals surface area contributed by atoms with Crippen molar-refractivity contribution in [3.63, 3.8) is 0 Å². The van der Waals surface area contributed by atoms with E-state index in [1.807, 2.05) is 18.2 Å². The van der Waals surface area contributed by atoms with Crippen LogP contribution in [0.4, 0.5) is 5.69 Å². The summed E-state index contributed by atoms with van der Waals surface area (Å²) in [5.74, 6) is 0.498. The van der Waals surface area contributed by atoms with E-state index >= 15 is 0 Å². The normalized spacial score (nSPS) is 17.9. The second-order valence-corrected chi connectivity index (χ2v) is 6.22. The summed E-state index contributed by atoms with van der Waals surface area (Å²) in [6.45, 7) is 0.314. The predicted octanol–water partition coefficient (Wildman–Crippen LogP) is 0.978. The number of nitrogens with zero attached hydrogens (tertiary/aromatic N) is 1. The van der Waals surface area contributed by atoms with Crippen molar-refractivity contribution >= 4 is 29.3 Å². The molecule has 6 heteroatoms. The van der Waals surface area contributed by atoms with E-state index in [4.69, 9.17) is 11.5 Å². The van der Waals surface area contributed by atoms with Crippen LogP contribution in [0.15, 0.2) is 24.3 Å². The molecule has 1 saturated heterocycles. The minimum Gasteiger partial charge on any atom is -0.399 e. The minimum atomic E-state index is -0.495. The zero-order valence-electron chi connectivity index (χ0n) is 11.2. The number of hydrogen-bond donors (Lipinski definition) is 2. The monoisotopic (exact) mass is 293 g/mol. The Kier molecular flexibility index (Phi) is 4.89. The van der Waals surface area contributed by atoms with Crippen LogP contribution in [-0.4, -0.2) is 34.3 Å². The van der Waals surface area contributed by atoms with Crippen LogP contribution < -0.4 is 11.5 Å². The maximum Gasteiger partial charge on any atom is 0.237 e. The molecule has 2 rings (SSSR count). The molecule has 20 heavy (non-hydrogen) atoms. The van der Waals surface area contributed by atoms with Crippen molar-refractivity contribution in [2.24, 2.45) is 5.73 Å². The van der Waals surface area contributed by atoms with Gasteiger partial charge in [0.2, 0.25) is 11.8 Å². The van der Waals surface area contributed by atoms with Gasteiger partial charge in [-0.3, -0.25) is 9.59 Å². The SMILES string of the molecule is NC(=O)CN(Cc1cccc(N)c1)C(=O)C1CCCS1. The first kappa shape index (κ1) is 14.7. The highest BCUT2D eigenvalue weighted by Crippen LogP contribution is 2.28. The topological polar surface area (TPSA) is 89.4 Å². The van der Waals surface area contributed by atoms with E-state index in [0.29, 0.717) is 12.2 Å². The first-order valence-electron chi connectivity index (χ1n) is 6.59. The summed E-state index contributed by atoms with van der Waals surface area (Å²) in [5.41, 5.74) is 12.5. The van der Waals surface area contributed by atoms with Gasteiger partial charge in [0.15, 0.2) is 0 Å². The summed E-state index contributed by atoms with van der Waals surface area (Å²) in [4.78, 5) is 25.1. The molecule has 1 heterocycles. The number of amides is 2. The smallest absolute Gasteiger partial charge is 0.237 e. The zero-order chi connectivity index (χ0) is 14.5. The van der Waals surface area contributed by atoms with Crippen molar-refractivity contribution in [1.29, 1.82) is 0 Å². The van der Waals surface area contributed by atoms with Crippen LogP contribution >= 0.6 is 11.8 Å². The average Bonchev–Trinajstić information content (AvgIpc) is 2.90. The number of hydrogen-bond acceptors (Lipinski definition) is 4. The maximum absolute atomic E-state index is 12.4. The number of rotatable bonds is 5.